The van der Waals surface area contributed by atoms with Crippen LogP contribution in [0.15, 0.2) is 42.5 Å². The molecule has 19 heavy (non-hydrogen) atoms. The first kappa shape index (κ1) is 13.7. The lowest BCUT2D eigenvalue weighted by molar-refractivity contribution is 0.215. The molecule has 0 spiro atoms. The van der Waals surface area contributed by atoms with Crippen LogP contribution in [0.4, 0.5) is 19.3 Å². The number of anilines is 1. The van der Waals surface area contributed by atoms with Crippen molar-refractivity contribution in [3.05, 3.63) is 57.7 Å². The van der Waals surface area contributed by atoms with Crippen molar-refractivity contribution in [1.29, 1.82) is 0 Å². The fourth-order valence-electron chi connectivity index (χ4n) is 1.38. The first-order chi connectivity index (χ1) is 9.06. The van der Waals surface area contributed by atoms with Crippen molar-refractivity contribution in [1.82, 2.24) is 0 Å². The number of carbonyl (C=O) groups excluding carboxylic acids is 1. The molecule has 0 fully saturated rings. The number of carbonyl (C=O) groups is 1. The Labute approximate surface area is 121 Å². The first-order valence-corrected chi connectivity index (χ1v) is 6.32. The molecule has 0 heterocycles. The molecule has 0 bridgehead atoms. The van der Waals surface area contributed by atoms with Gasteiger partial charge in [0.25, 0.3) is 0 Å². The van der Waals surface area contributed by atoms with Crippen LogP contribution in [0.5, 0.6) is 5.75 Å². The van der Waals surface area contributed by atoms with E-state index in [4.69, 9.17) is 4.74 Å². The van der Waals surface area contributed by atoms with Gasteiger partial charge >= 0.3 is 6.09 Å². The SMILES string of the molecule is O=C(Nc1c(F)cc(I)cc1F)Oc1ccccc1. The summed E-state index contributed by atoms with van der Waals surface area (Å²) in [6, 6.07) is 10.4. The van der Waals surface area contributed by atoms with Gasteiger partial charge in [-0.15, -0.1) is 0 Å². The molecule has 2 aromatic rings. The Morgan fingerprint density at radius 3 is 2.26 bits per heavy atom. The predicted octanol–water partition coefficient (Wildman–Crippen LogP) is 4.18. The number of amides is 1. The molecule has 1 amide bonds. The first-order valence-electron chi connectivity index (χ1n) is 5.24. The van der Waals surface area contributed by atoms with Crippen molar-refractivity contribution < 1.29 is 18.3 Å². The van der Waals surface area contributed by atoms with E-state index in [0.29, 0.717) is 3.57 Å². The largest absolute Gasteiger partial charge is 0.417 e. The summed E-state index contributed by atoms with van der Waals surface area (Å²) in [4.78, 5) is 11.5. The Bertz CT molecular complexity index is 582. The topological polar surface area (TPSA) is 38.3 Å². The van der Waals surface area contributed by atoms with E-state index in [1.165, 1.54) is 0 Å². The maximum atomic E-state index is 13.5. The second-order valence-corrected chi connectivity index (χ2v) is 4.82. The van der Waals surface area contributed by atoms with Gasteiger partial charge in [0.1, 0.15) is 11.4 Å². The third kappa shape index (κ3) is 3.63. The van der Waals surface area contributed by atoms with Crippen molar-refractivity contribution in [2.45, 2.75) is 0 Å². The lowest BCUT2D eigenvalue weighted by Crippen LogP contribution is -2.18. The third-order valence-corrected chi connectivity index (χ3v) is 2.81. The molecule has 0 aliphatic heterocycles. The number of nitrogens with one attached hydrogen (secondary N) is 1. The van der Waals surface area contributed by atoms with Gasteiger partial charge in [0, 0.05) is 3.57 Å². The molecule has 2 rings (SSSR count). The maximum Gasteiger partial charge on any atom is 0.417 e. The lowest BCUT2D eigenvalue weighted by Gasteiger charge is -2.08. The van der Waals surface area contributed by atoms with Crippen molar-refractivity contribution >= 4 is 34.4 Å². The molecular formula is C13H8F2INO2. The zero-order chi connectivity index (χ0) is 13.8. The van der Waals surface area contributed by atoms with Crippen LogP contribution in [-0.4, -0.2) is 6.09 Å². The quantitative estimate of drug-likeness (QED) is 0.800. The summed E-state index contributed by atoms with van der Waals surface area (Å²) in [6.07, 6.45) is -0.954. The standard InChI is InChI=1S/C13H8F2INO2/c14-10-6-8(16)7-11(15)12(10)17-13(18)19-9-4-2-1-3-5-9/h1-7H,(H,17,18). The zero-order valence-corrected chi connectivity index (χ0v) is 11.6. The number of ether oxygens (including phenoxy) is 1. The minimum Gasteiger partial charge on any atom is -0.410 e. The smallest absolute Gasteiger partial charge is 0.410 e. The second kappa shape index (κ2) is 5.96. The lowest BCUT2D eigenvalue weighted by atomic mass is 10.3. The van der Waals surface area contributed by atoms with Gasteiger partial charge in [-0.25, -0.2) is 13.6 Å². The number of hydrogen-bond donors (Lipinski definition) is 1. The summed E-state index contributed by atoms with van der Waals surface area (Å²) < 4.78 is 32.3. The van der Waals surface area contributed by atoms with Crippen LogP contribution in [0.1, 0.15) is 0 Å². The van der Waals surface area contributed by atoms with Crippen LogP contribution in [0.3, 0.4) is 0 Å². The summed E-state index contributed by atoms with van der Waals surface area (Å²) in [5.41, 5.74) is -0.527. The van der Waals surface area contributed by atoms with E-state index in [1.807, 2.05) is 5.32 Å². The van der Waals surface area contributed by atoms with Crippen LogP contribution in [0.2, 0.25) is 0 Å². The third-order valence-electron chi connectivity index (χ3n) is 2.19. The molecule has 0 saturated heterocycles. The van der Waals surface area contributed by atoms with Crippen LogP contribution in [0, 0.1) is 15.2 Å². The summed E-state index contributed by atoms with van der Waals surface area (Å²) in [7, 11) is 0. The van der Waals surface area contributed by atoms with Crippen LogP contribution in [-0.2, 0) is 0 Å². The molecule has 0 unspecified atom stereocenters. The van der Waals surface area contributed by atoms with Crippen molar-refractivity contribution in [3.8, 4) is 5.75 Å². The Hall–Kier alpha value is -1.70. The zero-order valence-electron chi connectivity index (χ0n) is 9.49. The molecule has 0 atom stereocenters. The summed E-state index contributed by atoms with van der Waals surface area (Å²) >= 11 is 1.78. The average molecular weight is 375 g/mol. The summed E-state index contributed by atoms with van der Waals surface area (Å²) in [5.74, 6) is -1.42. The molecule has 98 valence electrons. The van der Waals surface area contributed by atoms with Gasteiger partial charge < -0.3 is 4.74 Å². The van der Waals surface area contributed by atoms with E-state index >= 15 is 0 Å². The molecule has 0 saturated carbocycles. The molecular weight excluding hydrogens is 367 g/mol. The van der Waals surface area contributed by atoms with Crippen molar-refractivity contribution in [3.63, 3.8) is 0 Å². The van der Waals surface area contributed by atoms with Crippen molar-refractivity contribution in [2.75, 3.05) is 5.32 Å². The fourth-order valence-corrected chi connectivity index (χ4v) is 1.93. The van der Waals surface area contributed by atoms with Gasteiger partial charge in [0.05, 0.1) is 0 Å². The monoisotopic (exact) mass is 375 g/mol. The number of rotatable bonds is 2. The van der Waals surface area contributed by atoms with Crippen LogP contribution >= 0.6 is 22.6 Å². The molecule has 2 aromatic carbocycles. The van der Waals surface area contributed by atoms with Gasteiger partial charge in [-0.05, 0) is 46.9 Å². The van der Waals surface area contributed by atoms with E-state index in [1.54, 1.807) is 52.9 Å². The Kier molecular flexibility index (Phi) is 4.31. The Morgan fingerprint density at radius 1 is 1.11 bits per heavy atom. The Morgan fingerprint density at radius 2 is 1.68 bits per heavy atom. The Balaban J connectivity index is 2.12. The number of para-hydroxylation sites is 1. The van der Waals surface area contributed by atoms with E-state index < -0.39 is 23.4 Å². The van der Waals surface area contributed by atoms with E-state index in [-0.39, 0.29) is 5.75 Å². The molecule has 0 radical (unpaired) electrons. The molecule has 0 aromatic heterocycles. The molecule has 6 heteroatoms. The highest BCUT2D eigenvalue weighted by atomic mass is 127. The molecule has 0 aliphatic carbocycles. The fraction of sp³-hybridized carbons (Fsp3) is 0. The van der Waals surface area contributed by atoms with E-state index in [9.17, 15) is 13.6 Å². The minimum atomic E-state index is -0.954. The van der Waals surface area contributed by atoms with Gasteiger partial charge in [-0.3, -0.25) is 5.32 Å². The van der Waals surface area contributed by atoms with Gasteiger partial charge in [0.2, 0.25) is 0 Å². The van der Waals surface area contributed by atoms with E-state index in [0.717, 1.165) is 12.1 Å². The number of halogens is 3. The highest BCUT2D eigenvalue weighted by Gasteiger charge is 2.14. The molecule has 1 N–H and O–H groups in total. The minimum absolute atomic E-state index is 0.284. The van der Waals surface area contributed by atoms with E-state index in [2.05, 4.69) is 0 Å². The van der Waals surface area contributed by atoms with Gasteiger partial charge in [-0.2, -0.15) is 0 Å². The highest BCUT2D eigenvalue weighted by molar-refractivity contribution is 14.1. The molecule has 3 nitrogen and oxygen atoms in total. The summed E-state index contributed by atoms with van der Waals surface area (Å²) in [6.45, 7) is 0. The predicted molar refractivity (Wildman–Crippen MR) is 75.2 cm³/mol. The second-order valence-electron chi connectivity index (χ2n) is 3.57. The highest BCUT2D eigenvalue weighted by Crippen LogP contribution is 2.22. The maximum absolute atomic E-state index is 13.5. The number of benzene rings is 2. The number of hydrogen-bond acceptors (Lipinski definition) is 2. The van der Waals surface area contributed by atoms with Gasteiger partial charge in [0.15, 0.2) is 11.6 Å². The van der Waals surface area contributed by atoms with Crippen LogP contribution < -0.4 is 10.1 Å². The average Bonchev–Trinajstić information content (AvgIpc) is 2.35. The van der Waals surface area contributed by atoms with Crippen molar-refractivity contribution in [2.24, 2.45) is 0 Å². The summed E-state index contributed by atoms with van der Waals surface area (Å²) in [5, 5.41) is 2.04. The molecule has 0 aliphatic rings. The van der Waals surface area contributed by atoms with Gasteiger partial charge in [-0.1, -0.05) is 18.2 Å². The normalized spacial score (nSPS) is 10.1. The van der Waals surface area contributed by atoms with Crippen LogP contribution in [0.25, 0.3) is 0 Å².